The highest BCUT2D eigenvalue weighted by Gasteiger charge is 2.20. The monoisotopic (exact) mass is 453 g/mol. The lowest BCUT2D eigenvalue weighted by Crippen LogP contribution is -2.20. The van der Waals surface area contributed by atoms with E-state index in [1.165, 1.54) is 13.2 Å². The number of nitrogens with zero attached hydrogens (tertiary/aromatic N) is 2. The normalized spacial score (nSPS) is 11.0. The molecule has 0 aliphatic carbocycles. The Balaban J connectivity index is 2.35. The quantitative estimate of drug-likeness (QED) is 0.341. The van der Waals surface area contributed by atoms with Crippen molar-refractivity contribution in [2.75, 3.05) is 20.8 Å². The molecular formula is C19H17Cl2N3O4S. The molecule has 10 heteroatoms. The Kier molecular flexibility index (Phi) is 6.69. The largest absolute Gasteiger partial charge is 0.465 e. The van der Waals surface area contributed by atoms with Gasteiger partial charge in [0, 0.05) is 25.8 Å². The van der Waals surface area contributed by atoms with Crippen LogP contribution in [0.2, 0.25) is 10.0 Å². The number of hydrogen-bond donors (Lipinski definition) is 1. The summed E-state index contributed by atoms with van der Waals surface area (Å²) in [5.41, 5.74) is 0.897. The van der Waals surface area contributed by atoms with Crippen LogP contribution >= 0.6 is 35.4 Å². The average molecular weight is 454 g/mol. The second-order valence-corrected chi connectivity index (χ2v) is 7.33. The van der Waals surface area contributed by atoms with E-state index < -0.39 is 11.5 Å². The summed E-state index contributed by atoms with van der Waals surface area (Å²) in [7, 11) is 2.84. The Morgan fingerprint density at radius 1 is 1.24 bits per heavy atom. The minimum absolute atomic E-state index is 0.0790. The zero-order valence-corrected chi connectivity index (χ0v) is 18.0. The minimum atomic E-state index is -0.662. The zero-order valence-electron chi connectivity index (χ0n) is 15.6. The molecule has 0 radical (unpaired) electrons. The van der Waals surface area contributed by atoms with Crippen LogP contribution in [-0.4, -0.2) is 41.3 Å². The first-order valence-electron chi connectivity index (χ1n) is 8.58. The molecule has 0 bridgehead atoms. The van der Waals surface area contributed by atoms with Gasteiger partial charge in [-0.15, -0.1) is 0 Å². The summed E-state index contributed by atoms with van der Waals surface area (Å²) in [4.78, 5) is 32.3. The van der Waals surface area contributed by atoms with Gasteiger partial charge in [0.2, 0.25) is 0 Å². The molecule has 0 saturated heterocycles. The van der Waals surface area contributed by atoms with E-state index in [0.29, 0.717) is 40.9 Å². The average Bonchev–Trinajstić information content (AvgIpc) is 2.70. The van der Waals surface area contributed by atoms with E-state index in [1.807, 2.05) is 0 Å². The van der Waals surface area contributed by atoms with Crippen LogP contribution in [-0.2, 0) is 16.0 Å². The molecule has 0 unspecified atom stereocenters. The fraction of sp³-hybridized carbons (Fsp3) is 0.263. The van der Waals surface area contributed by atoms with Gasteiger partial charge < -0.3 is 14.0 Å². The van der Waals surface area contributed by atoms with Gasteiger partial charge in [0.25, 0.3) is 5.56 Å². The molecule has 7 nitrogen and oxygen atoms in total. The van der Waals surface area contributed by atoms with E-state index in [-0.39, 0.29) is 21.4 Å². The molecule has 152 valence electrons. The van der Waals surface area contributed by atoms with Crippen LogP contribution in [0.1, 0.15) is 16.8 Å². The molecule has 1 aromatic carbocycles. The summed E-state index contributed by atoms with van der Waals surface area (Å²) in [6, 6.07) is 6.48. The van der Waals surface area contributed by atoms with Gasteiger partial charge in [0.05, 0.1) is 33.8 Å². The lowest BCUT2D eigenvalue weighted by molar-refractivity contribution is 0.0603. The maximum absolute atomic E-state index is 12.6. The second-order valence-electron chi connectivity index (χ2n) is 6.13. The van der Waals surface area contributed by atoms with Crippen molar-refractivity contribution in [3.8, 4) is 11.3 Å². The summed E-state index contributed by atoms with van der Waals surface area (Å²) in [5, 5.41) is 0.837. The Bertz CT molecular complexity index is 1210. The van der Waals surface area contributed by atoms with Crippen molar-refractivity contribution in [3.05, 3.63) is 55.0 Å². The lowest BCUT2D eigenvalue weighted by atomic mass is 10.1. The van der Waals surface area contributed by atoms with Crippen LogP contribution in [0, 0.1) is 4.77 Å². The van der Waals surface area contributed by atoms with Gasteiger partial charge in [0.15, 0.2) is 4.77 Å². The van der Waals surface area contributed by atoms with Crippen LogP contribution in [0.25, 0.3) is 22.3 Å². The number of pyridine rings is 1. The van der Waals surface area contributed by atoms with Gasteiger partial charge >= 0.3 is 5.97 Å². The highest BCUT2D eigenvalue weighted by atomic mass is 35.5. The summed E-state index contributed by atoms with van der Waals surface area (Å²) < 4.78 is 11.8. The molecule has 0 atom stereocenters. The predicted molar refractivity (Wildman–Crippen MR) is 114 cm³/mol. The molecule has 0 aliphatic heterocycles. The topological polar surface area (TPSA) is 86.2 Å². The number of aryl methyl sites for hydroxylation is 1. The van der Waals surface area contributed by atoms with Gasteiger partial charge in [-0.3, -0.25) is 9.78 Å². The third-order valence-corrected chi connectivity index (χ3v) is 5.36. The highest BCUT2D eigenvalue weighted by Crippen LogP contribution is 2.29. The van der Waals surface area contributed by atoms with Gasteiger partial charge in [-0.05, 0) is 36.8 Å². The van der Waals surface area contributed by atoms with E-state index in [1.54, 1.807) is 29.9 Å². The number of hydrogen-bond acceptors (Lipinski definition) is 6. The highest BCUT2D eigenvalue weighted by molar-refractivity contribution is 7.71. The summed E-state index contributed by atoms with van der Waals surface area (Å²) in [5.74, 6) is -0.662. The van der Waals surface area contributed by atoms with E-state index in [4.69, 9.17) is 44.9 Å². The zero-order chi connectivity index (χ0) is 21.1. The number of H-pyrrole nitrogens is 1. The number of nitrogens with one attached hydrogen (secondary N) is 1. The number of fused-ring (bicyclic) bond motifs is 1. The van der Waals surface area contributed by atoms with E-state index >= 15 is 0 Å². The molecule has 29 heavy (non-hydrogen) atoms. The summed E-state index contributed by atoms with van der Waals surface area (Å²) in [6.07, 6.45) is 0.637. The Morgan fingerprint density at radius 3 is 2.66 bits per heavy atom. The maximum Gasteiger partial charge on any atom is 0.338 e. The molecular weight excluding hydrogens is 437 g/mol. The third-order valence-electron chi connectivity index (χ3n) is 4.30. The first kappa shape index (κ1) is 21.4. The van der Waals surface area contributed by atoms with Crippen molar-refractivity contribution in [3.63, 3.8) is 0 Å². The summed E-state index contributed by atoms with van der Waals surface area (Å²) >= 11 is 17.5. The number of esters is 1. The van der Waals surface area contributed by atoms with Crippen LogP contribution in [0.3, 0.4) is 0 Å². The van der Waals surface area contributed by atoms with Crippen LogP contribution < -0.4 is 5.56 Å². The number of carbonyl (C=O) groups is 1. The molecule has 3 rings (SSSR count). The van der Waals surface area contributed by atoms with E-state index in [9.17, 15) is 9.59 Å². The Hall–Kier alpha value is -2.26. The standard InChI is InChI=1S/C19H17Cl2N3O4S/c1-27-7-3-6-24-16-15(17(25)23-19(24)29)11(18(26)28-2)9-14(22-16)10-4-5-12(20)13(21)8-10/h4-5,8-9H,3,6-7H2,1-2H3,(H,23,25,29). The van der Waals surface area contributed by atoms with Crippen LogP contribution in [0.15, 0.2) is 29.1 Å². The Morgan fingerprint density at radius 2 is 2.00 bits per heavy atom. The van der Waals surface area contributed by atoms with Gasteiger partial charge in [-0.25, -0.2) is 9.78 Å². The number of carbonyl (C=O) groups excluding carboxylic acids is 1. The molecule has 0 amide bonds. The van der Waals surface area contributed by atoms with Gasteiger partial charge in [-0.1, -0.05) is 29.3 Å². The third kappa shape index (κ3) is 4.35. The molecule has 1 N–H and O–H groups in total. The number of halogens is 2. The molecule has 0 fully saturated rings. The molecule has 0 spiro atoms. The van der Waals surface area contributed by atoms with E-state index in [2.05, 4.69) is 9.97 Å². The number of rotatable bonds is 6. The first-order valence-corrected chi connectivity index (χ1v) is 9.74. The summed E-state index contributed by atoms with van der Waals surface area (Å²) in [6.45, 7) is 0.942. The molecule has 0 saturated carbocycles. The fourth-order valence-corrected chi connectivity index (χ4v) is 3.49. The van der Waals surface area contributed by atoms with Crippen molar-refractivity contribution in [2.45, 2.75) is 13.0 Å². The van der Waals surface area contributed by atoms with Crippen LogP contribution in [0.5, 0.6) is 0 Å². The first-order chi connectivity index (χ1) is 13.9. The lowest BCUT2D eigenvalue weighted by Gasteiger charge is -2.14. The maximum atomic E-state index is 12.6. The van der Waals surface area contributed by atoms with Crippen molar-refractivity contribution in [1.82, 2.24) is 14.5 Å². The van der Waals surface area contributed by atoms with E-state index in [0.717, 1.165) is 0 Å². The van der Waals surface area contributed by atoms with Crippen molar-refractivity contribution in [2.24, 2.45) is 0 Å². The smallest absolute Gasteiger partial charge is 0.338 e. The predicted octanol–water partition coefficient (Wildman–Crippen LogP) is 4.25. The van der Waals surface area contributed by atoms with Crippen molar-refractivity contribution >= 4 is 52.4 Å². The molecule has 0 aliphatic rings. The SMILES string of the molecule is COCCCn1c(=S)[nH]c(=O)c2c(C(=O)OC)cc(-c3ccc(Cl)c(Cl)c3)nc21. The fourth-order valence-electron chi connectivity index (χ4n) is 2.92. The Labute approximate surface area is 181 Å². The number of aromatic amines is 1. The van der Waals surface area contributed by atoms with Gasteiger partial charge in [0.1, 0.15) is 5.65 Å². The number of ether oxygens (including phenoxy) is 2. The number of benzene rings is 1. The number of aromatic nitrogens is 3. The number of methoxy groups -OCH3 is 2. The van der Waals surface area contributed by atoms with Gasteiger partial charge in [-0.2, -0.15) is 0 Å². The van der Waals surface area contributed by atoms with Crippen molar-refractivity contribution < 1.29 is 14.3 Å². The molecule has 2 heterocycles. The minimum Gasteiger partial charge on any atom is -0.465 e. The molecule has 2 aromatic heterocycles. The molecule has 3 aromatic rings. The van der Waals surface area contributed by atoms with Crippen molar-refractivity contribution in [1.29, 1.82) is 0 Å². The second kappa shape index (κ2) is 9.04. The van der Waals surface area contributed by atoms with Crippen LogP contribution in [0.4, 0.5) is 0 Å².